The molecule has 1 heterocycles. The number of likely N-dealkylation sites (tertiary alicyclic amines) is 1. The van der Waals surface area contributed by atoms with E-state index in [9.17, 15) is 14.4 Å². The van der Waals surface area contributed by atoms with Gasteiger partial charge >= 0.3 is 12.1 Å². The Kier molecular flexibility index (Phi) is 5.02. The summed E-state index contributed by atoms with van der Waals surface area (Å²) >= 11 is 0. The molecule has 1 saturated heterocycles. The predicted molar refractivity (Wildman–Crippen MR) is 76.7 cm³/mol. The number of hydrogen-bond acceptors (Lipinski definition) is 5. The normalized spacial score (nSPS) is 21.9. The zero-order valence-corrected chi connectivity index (χ0v) is 13.7. The lowest BCUT2D eigenvalue weighted by molar-refractivity contribution is -0.157. The Bertz CT molecular complexity index is 436. The number of ether oxygens (including phenoxy) is 2. The molecule has 0 bridgehead atoms. The van der Waals surface area contributed by atoms with Crippen LogP contribution in [0.2, 0.25) is 0 Å². The molecule has 1 rings (SSSR count). The zero-order valence-electron chi connectivity index (χ0n) is 13.7. The van der Waals surface area contributed by atoms with Crippen molar-refractivity contribution in [1.29, 1.82) is 0 Å². The topological polar surface area (TPSA) is 72.9 Å². The van der Waals surface area contributed by atoms with Crippen molar-refractivity contribution in [2.75, 3.05) is 19.7 Å². The molecule has 0 aliphatic carbocycles. The van der Waals surface area contributed by atoms with E-state index in [1.807, 2.05) is 0 Å². The summed E-state index contributed by atoms with van der Waals surface area (Å²) in [6.45, 7) is 10.9. The Balaban J connectivity index is 2.92. The number of ketones is 1. The molecule has 6 heteroatoms. The number of amides is 1. The molecule has 0 radical (unpaired) electrons. The Morgan fingerprint density at radius 1 is 1.33 bits per heavy atom. The predicted octanol–water partition coefficient (Wildman–Crippen LogP) is 2.01. The summed E-state index contributed by atoms with van der Waals surface area (Å²) in [6, 6.07) is 0. The van der Waals surface area contributed by atoms with E-state index in [4.69, 9.17) is 9.47 Å². The molecule has 1 atom stereocenters. The van der Waals surface area contributed by atoms with Gasteiger partial charge in [-0.05, 0) is 27.7 Å². The molecule has 0 spiro atoms. The largest absolute Gasteiger partial charge is 0.465 e. The van der Waals surface area contributed by atoms with Crippen LogP contribution in [0.4, 0.5) is 4.79 Å². The highest BCUT2D eigenvalue weighted by Crippen LogP contribution is 2.30. The number of carbonyl (C=O) groups excluding carboxylic acids is 3. The summed E-state index contributed by atoms with van der Waals surface area (Å²) in [5.41, 5.74) is -1.42. The lowest BCUT2D eigenvalue weighted by atomic mass is 9.77. The van der Waals surface area contributed by atoms with E-state index < -0.39 is 29.0 Å². The second kappa shape index (κ2) is 6.03. The lowest BCUT2D eigenvalue weighted by Crippen LogP contribution is -2.56. The summed E-state index contributed by atoms with van der Waals surface area (Å²) < 4.78 is 10.3. The van der Waals surface area contributed by atoms with E-state index in [-0.39, 0.29) is 25.5 Å². The molecule has 0 aromatic rings. The number of piperidine rings is 1. The molecule has 0 aromatic carbocycles. The molecule has 0 aromatic heterocycles. The molecule has 1 amide bonds. The first-order chi connectivity index (χ1) is 9.48. The summed E-state index contributed by atoms with van der Waals surface area (Å²) in [6.07, 6.45) is -0.516. The summed E-state index contributed by atoms with van der Waals surface area (Å²) in [5.74, 6) is -1.72. The molecule has 1 fully saturated rings. The van der Waals surface area contributed by atoms with Gasteiger partial charge in [-0.3, -0.25) is 9.59 Å². The highest BCUT2D eigenvalue weighted by atomic mass is 16.6. The summed E-state index contributed by atoms with van der Waals surface area (Å²) in [7, 11) is 0. The fourth-order valence-electron chi connectivity index (χ4n) is 2.28. The molecule has 120 valence electrons. The van der Waals surface area contributed by atoms with Crippen molar-refractivity contribution in [2.24, 2.45) is 11.3 Å². The summed E-state index contributed by atoms with van der Waals surface area (Å²) in [5, 5.41) is 0. The monoisotopic (exact) mass is 299 g/mol. The Hall–Kier alpha value is -1.59. The van der Waals surface area contributed by atoms with Gasteiger partial charge in [0.2, 0.25) is 0 Å². The fraction of sp³-hybridized carbons (Fsp3) is 0.800. The van der Waals surface area contributed by atoms with Crippen LogP contribution in [0, 0.1) is 11.3 Å². The van der Waals surface area contributed by atoms with Gasteiger partial charge in [0, 0.05) is 18.5 Å². The van der Waals surface area contributed by atoms with Crippen molar-refractivity contribution >= 4 is 17.8 Å². The first-order valence-electron chi connectivity index (χ1n) is 7.17. The molecule has 0 saturated carbocycles. The molecule has 6 nitrogen and oxygen atoms in total. The van der Waals surface area contributed by atoms with Gasteiger partial charge in [0.1, 0.15) is 11.5 Å². The third kappa shape index (κ3) is 4.44. The molecule has 21 heavy (non-hydrogen) atoms. The van der Waals surface area contributed by atoms with Gasteiger partial charge in [-0.2, -0.15) is 0 Å². The lowest BCUT2D eigenvalue weighted by Gasteiger charge is -2.40. The SMILES string of the molecule is CCOC(=O)[C@H]1CN(C(=O)OC(C)(C)C)CC(C)(C)C1=O. The van der Waals surface area contributed by atoms with E-state index in [2.05, 4.69) is 0 Å². The van der Waals surface area contributed by atoms with Gasteiger partial charge < -0.3 is 14.4 Å². The second-order valence-corrected chi connectivity index (χ2v) is 6.91. The van der Waals surface area contributed by atoms with E-state index in [0.29, 0.717) is 0 Å². The van der Waals surface area contributed by atoms with Crippen LogP contribution in [0.25, 0.3) is 0 Å². The minimum Gasteiger partial charge on any atom is -0.465 e. The van der Waals surface area contributed by atoms with Crippen LogP contribution >= 0.6 is 0 Å². The van der Waals surface area contributed by atoms with Crippen molar-refractivity contribution in [3.63, 3.8) is 0 Å². The molecule has 1 aliphatic heterocycles. The van der Waals surface area contributed by atoms with Crippen LogP contribution in [0.15, 0.2) is 0 Å². The van der Waals surface area contributed by atoms with Gasteiger partial charge in [0.25, 0.3) is 0 Å². The number of Topliss-reactive ketones (excluding diaryl/α,β-unsaturated/α-hetero) is 1. The van der Waals surface area contributed by atoms with Crippen molar-refractivity contribution < 1.29 is 23.9 Å². The van der Waals surface area contributed by atoms with Crippen LogP contribution in [-0.2, 0) is 19.1 Å². The Labute approximate surface area is 125 Å². The van der Waals surface area contributed by atoms with Crippen molar-refractivity contribution in [2.45, 2.75) is 47.1 Å². The van der Waals surface area contributed by atoms with Crippen LogP contribution < -0.4 is 0 Å². The molecular weight excluding hydrogens is 274 g/mol. The molecule has 0 N–H and O–H groups in total. The van der Waals surface area contributed by atoms with Crippen LogP contribution in [0.3, 0.4) is 0 Å². The minimum absolute atomic E-state index is 0.00993. The average Bonchev–Trinajstić information content (AvgIpc) is 2.30. The minimum atomic E-state index is -0.943. The van der Waals surface area contributed by atoms with Crippen molar-refractivity contribution in [3.8, 4) is 0 Å². The van der Waals surface area contributed by atoms with Gasteiger partial charge in [-0.25, -0.2) is 4.79 Å². The van der Waals surface area contributed by atoms with Crippen molar-refractivity contribution in [1.82, 2.24) is 4.90 Å². The Morgan fingerprint density at radius 3 is 2.38 bits per heavy atom. The Morgan fingerprint density at radius 2 is 1.90 bits per heavy atom. The van der Waals surface area contributed by atoms with Crippen LogP contribution in [-0.4, -0.2) is 48.0 Å². The first-order valence-corrected chi connectivity index (χ1v) is 7.17. The maximum Gasteiger partial charge on any atom is 0.410 e. The summed E-state index contributed by atoms with van der Waals surface area (Å²) in [4.78, 5) is 37.9. The van der Waals surface area contributed by atoms with E-state index in [1.54, 1.807) is 41.5 Å². The maximum absolute atomic E-state index is 12.3. The average molecular weight is 299 g/mol. The number of carbonyl (C=O) groups is 3. The van der Waals surface area contributed by atoms with Gasteiger partial charge in [0.15, 0.2) is 5.78 Å². The van der Waals surface area contributed by atoms with E-state index in [0.717, 1.165) is 0 Å². The zero-order chi connectivity index (χ0) is 16.4. The number of rotatable bonds is 2. The van der Waals surface area contributed by atoms with Gasteiger partial charge in [0.05, 0.1) is 6.61 Å². The third-order valence-corrected chi connectivity index (χ3v) is 3.20. The van der Waals surface area contributed by atoms with Crippen molar-refractivity contribution in [3.05, 3.63) is 0 Å². The van der Waals surface area contributed by atoms with E-state index >= 15 is 0 Å². The third-order valence-electron chi connectivity index (χ3n) is 3.20. The quantitative estimate of drug-likeness (QED) is 0.576. The van der Waals surface area contributed by atoms with Crippen LogP contribution in [0.1, 0.15) is 41.5 Å². The van der Waals surface area contributed by atoms with E-state index in [1.165, 1.54) is 4.90 Å². The number of esters is 1. The maximum atomic E-state index is 12.3. The van der Waals surface area contributed by atoms with Gasteiger partial charge in [-0.1, -0.05) is 13.8 Å². The highest BCUT2D eigenvalue weighted by Gasteiger charge is 2.47. The standard InChI is InChI=1S/C15H25NO5/c1-7-20-12(18)10-8-16(9-15(5,6)11(10)17)13(19)21-14(2,3)4/h10H,7-9H2,1-6H3/t10-/m0/s1. The smallest absolute Gasteiger partial charge is 0.410 e. The fourth-order valence-corrected chi connectivity index (χ4v) is 2.28. The van der Waals surface area contributed by atoms with Gasteiger partial charge in [-0.15, -0.1) is 0 Å². The molecular formula is C15H25NO5. The highest BCUT2D eigenvalue weighted by molar-refractivity contribution is 6.03. The second-order valence-electron chi connectivity index (χ2n) is 6.91. The molecule has 0 unspecified atom stereocenters. The molecule has 1 aliphatic rings. The first kappa shape index (κ1) is 17.5. The number of nitrogens with zero attached hydrogens (tertiary/aromatic N) is 1. The van der Waals surface area contributed by atoms with Crippen LogP contribution in [0.5, 0.6) is 0 Å². The number of hydrogen-bond donors (Lipinski definition) is 0.